The van der Waals surface area contributed by atoms with E-state index in [1.54, 1.807) is 39.0 Å². The molecule has 1 aliphatic carbocycles. The Hall–Kier alpha value is -3.82. The Labute approximate surface area is 232 Å². The lowest BCUT2D eigenvalue weighted by Gasteiger charge is -2.34. The van der Waals surface area contributed by atoms with Crippen molar-refractivity contribution >= 4 is 23.4 Å². The highest BCUT2D eigenvalue weighted by atomic mass is 16.6. The number of phenols is 1. The maximum Gasteiger partial charge on any atom is 0.334 e. The third-order valence-corrected chi connectivity index (χ3v) is 7.76. The molecule has 5 atom stereocenters. The number of ether oxygens (including phenoxy) is 1. The second kappa shape index (κ2) is 11.0. The number of rotatable bonds is 3. The van der Waals surface area contributed by atoms with Crippen molar-refractivity contribution in [2.24, 2.45) is 11.8 Å². The zero-order valence-electron chi connectivity index (χ0n) is 23.3. The van der Waals surface area contributed by atoms with Crippen LogP contribution in [-0.4, -0.2) is 51.0 Å². The van der Waals surface area contributed by atoms with E-state index >= 15 is 0 Å². The van der Waals surface area contributed by atoms with Gasteiger partial charge < -0.3 is 25.4 Å². The van der Waals surface area contributed by atoms with Gasteiger partial charge in [-0.3, -0.25) is 14.4 Å². The highest BCUT2D eigenvalue weighted by Gasteiger charge is 2.55. The molecule has 1 aromatic carbocycles. The number of aryl methyl sites for hydroxylation is 1. The number of carbonyl (C=O) groups excluding carboxylic acids is 4. The SMILES string of the molecule is CCC1C=CC(C(O)C=C(C)C)OC(=O)C(C)=CC2C(=O)NC3=CC(=O)c4c(cc(C)c(O)c4C(=O)CC1)C32O. The molecule has 212 valence electrons. The van der Waals surface area contributed by atoms with Gasteiger partial charge in [0.15, 0.2) is 11.6 Å². The minimum absolute atomic E-state index is 0.00186. The number of hydrogen-bond acceptors (Lipinski definition) is 8. The summed E-state index contributed by atoms with van der Waals surface area (Å²) in [5.74, 6) is -4.39. The Morgan fingerprint density at radius 3 is 2.52 bits per heavy atom. The van der Waals surface area contributed by atoms with Gasteiger partial charge in [0.1, 0.15) is 23.6 Å². The second-order valence-electron chi connectivity index (χ2n) is 11.0. The summed E-state index contributed by atoms with van der Waals surface area (Å²) in [6, 6.07) is 1.40. The molecule has 9 nitrogen and oxygen atoms in total. The number of nitrogens with one attached hydrogen (secondary N) is 1. The first-order valence-electron chi connectivity index (χ1n) is 13.4. The van der Waals surface area contributed by atoms with Crippen LogP contribution in [0.15, 0.2) is 53.3 Å². The number of aliphatic hydroxyl groups is 2. The first-order valence-corrected chi connectivity index (χ1v) is 13.4. The highest BCUT2D eigenvalue weighted by molar-refractivity contribution is 6.17. The Morgan fingerprint density at radius 1 is 1.18 bits per heavy atom. The number of allylic oxidation sites excluding steroid dienone is 3. The number of aliphatic hydroxyl groups excluding tert-OH is 1. The van der Waals surface area contributed by atoms with E-state index in [-0.39, 0.29) is 51.6 Å². The van der Waals surface area contributed by atoms with Crippen molar-refractivity contribution in [3.63, 3.8) is 0 Å². The lowest BCUT2D eigenvalue weighted by atomic mass is 9.72. The average molecular weight is 550 g/mol. The maximum atomic E-state index is 13.5. The number of hydrogen-bond donors (Lipinski definition) is 4. The number of aromatic hydroxyl groups is 1. The number of esters is 1. The van der Waals surface area contributed by atoms with Gasteiger partial charge in [0.2, 0.25) is 5.91 Å². The Bertz CT molecular complexity index is 1410. The zero-order chi connectivity index (χ0) is 29.5. The molecule has 4 rings (SSSR count). The minimum atomic E-state index is -2.10. The highest BCUT2D eigenvalue weighted by Crippen LogP contribution is 2.49. The van der Waals surface area contributed by atoms with Gasteiger partial charge in [-0.25, -0.2) is 4.79 Å². The van der Waals surface area contributed by atoms with Crippen LogP contribution >= 0.6 is 0 Å². The molecule has 2 heterocycles. The monoisotopic (exact) mass is 549 g/mol. The number of cyclic esters (lactones) is 1. The molecular weight excluding hydrogens is 514 g/mol. The summed E-state index contributed by atoms with van der Waals surface area (Å²) >= 11 is 0. The van der Waals surface area contributed by atoms with E-state index in [1.165, 1.54) is 19.1 Å². The number of carbonyl (C=O) groups is 4. The number of ketones is 2. The molecule has 1 amide bonds. The van der Waals surface area contributed by atoms with Crippen LogP contribution in [-0.2, 0) is 19.9 Å². The van der Waals surface area contributed by atoms with Crippen molar-refractivity contribution in [2.45, 2.75) is 71.7 Å². The van der Waals surface area contributed by atoms with Gasteiger partial charge in [-0.15, -0.1) is 0 Å². The average Bonchev–Trinajstić information content (AvgIpc) is 3.12. The van der Waals surface area contributed by atoms with Crippen LogP contribution < -0.4 is 5.32 Å². The molecule has 5 unspecified atom stereocenters. The number of amides is 1. The first kappa shape index (κ1) is 29.2. The van der Waals surface area contributed by atoms with Crippen molar-refractivity contribution in [1.82, 2.24) is 5.32 Å². The molecule has 0 radical (unpaired) electrons. The van der Waals surface area contributed by atoms with Crippen LogP contribution in [0.1, 0.15) is 78.8 Å². The van der Waals surface area contributed by atoms with Crippen molar-refractivity contribution in [3.8, 4) is 5.75 Å². The fourth-order valence-corrected chi connectivity index (χ4v) is 5.49. The number of benzene rings is 1. The Balaban J connectivity index is 1.93. The molecule has 3 aliphatic rings. The summed E-state index contributed by atoms with van der Waals surface area (Å²) < 4.78 is 5.65. The van der Waals surface area contributed by atoms with Gasteiger partial charge in [0.05, 0.1) is 17.2 Å². The topological polar surface area (TPSA) is 150 Å². The van der Waals surface area contributed by atoms with Crippen molar-refractivity contribution < 1.29 is 39.2 Å². The minimum Gasteiger partial charge on any atom is -0.507 e. The third kappa shape index (κ3) is 5.07. The number of Topliss-reactive ketones (excluding diaryl/α,β-unsaturated/α-hetero) is 1. The molecule has 1 aromatic rings. The summed E-state index contributed by atoms with van der Waals surface area (Å²) in [4.78, 5) is 53.1. The van der Waals surface area contributed by atoms with E-state index in [4.69, 9.17) is 4.74 Å². The van der Waals surface area contributed by atoms with Crippen LogP contribution in [0.2, 0.25) is 0 Å². The van der Waals surface area contributed by atoms with E-state index in [0.29, 0.717) is 12.8 Å². The fraction of sp³-hybridized carbons (Fsp3) is 0.419. The van der Waals surface area contributed by atoms with Gasteiger partial charge in [-0.1, -0.05) is 30.7 Å². The Morgan fingerprint density at radius 2 is 1.88 bits per heavy atom. The quantitative estimate of drug-likeness (QED) is 0.331. The summed E-state index contributed by atoms with van der Waals surface area (Å²) in [5, 5.41) is 36.3. The molecule has 0 saturated carbocycles. The van der Waals surface area contributed by atoms with Crippen LogP contribution in [0.5, 0.6) is 5.75 Å². The van der Waals surface area contributed by atoms with Gasteiger partial charge in [0, 0.05) is 29.2 Å². The van der Waals surface area contributed by atoms with Crippen LogP contribution in [0.3, 0.4) is 0 Å². The molecule has 0 spiro atoms. The summed E-state index contributed by atoms with van der Waals surface area (Å²) in [7, 11) is 0. The molecule has 4 N–H and O–H groups in total. The summed E-state index contributed by atoms with van der Waals surface area (Å²) in [6.45, 7) is 8.51. The normalized spacial score (nSPS) is 27.4. The molecule has 9 heteroatoms. The van der Waals surface area contributed by atoms with Crippen LogP contribution in [0, 0.1) is 18.8 Å². The smallest absolute Gasteiger partial charge is 0.334 e. The van der Waals surface area contributed by atoms with Gasteiger partial charge in [-0.2, -0.15) is 0 Å². The lowest BCUT2D eigenvalue weighted by molar-refractivity contribution is -0.145. The summed E-state index contributed by atoms with van der Waals surface area (Å²) in [5.41, 5.74) is -1.44. The predicted octanol–water partition coefficient (Wildman–Crippen LogP) is 3.46. The van der Waals surface area contributed by atoms with Crippen LogP contribution in [0.4, 0.5) is 0 Å². The predicted molar refractivity (Wildman–Crippen MR) is 146 cm³/mol. The van der Waals surface area contributed by atoms with Crippen molar-refractivity contribution in [2.75, 3.05) is 0 Å². The molecule has 2 aliphatic heterocycles. The molecule has 1 fully saturated rings. The zero-order valence-corrected chi connectivity index (χ0v) is 23.3. The molecule has 4 bridgehead atoms. The fourth-order valence-electron chi connectivity index (χ4n) is 5.49. The summed E-state index contributed by atoms with van der Waals surface area (Å²) in [6.07, 6.45) is 6.04. The molecular formula is C31H35NO8. The van der Waals surface area contributed by atoms with E-state index in [1.807, 2.05) is 6.92 Å². The maximum absolute atomic E-state index is 13.5. The largest absolute Gasteiger partial charge is 0.507 e. The van der Waals surface area contributed by atoms with Gasteiger partial charge >= 0.3 is 5.97 Å². The first-order chi connectivity index (χ1) is 18.8. The molecule has 40 heavy (non-hydrogen) atoms. The van der Waals surface area contributed by atoms with E-state index < -0.39 is 47.2 Å². The van der Waals surface area contributed by atoms with Crippen molar-refractivity contribution in [3.05, 3.63) is 75.5 Å². The van der Waals surface area contributed by atoms with Gasteiger partial charge in [0.25, 0.3) is 0 Å². The second-order valence-corrected chi connectivity index (χ2v) is 11.0. The molecule has 1 saturated heterocycles. The van der Waals surface area contributed by atoms with Gasteiger partial charge in [-0.05, 0) is 64.2 Å². The van der Waals surface area contributed by atoms with Crippen LogP contribution in [0.25, 0.3) is 0 Å². The third-order valence-electron chi connectivity index (χ3n) is 7.76. The van der Waals surface area contributed by atoms with E-state index in [0.717, 1.165) is 11.6 Å². The van der Waals surface area contributed by atoms with E-state index in [9.17, 15) is 34.5 Å². The number of phenolic OH excluding ortho intramolecular Hbond substituents is 1. The van der Waals surface area contributed by atoms with E-state index in [2.05, 4.69) is 5.32 Å². The molecule has 0 aromatic heterocycles. The lowest BCUT2D eigenvalue weighted by Crippen LogP contribution is -2.39. The standard InChI is InChI=1S/C31H35NO8/c1-6-18-7-9-21(33)27-26-19(12-16(4)28(27)36)31(39)20(29(37)32-25(31)14-23(26)35)13-17(5)30(38)40-24(10-8-18)22(34)11-15(2)3/h8,10-14,18,20,22,24,34,36,39H,6-7,9H2,1-5H3,(H,32,37). The van der Waals surface area contributed by atoms with Crippen molar-refractivity contribution in [1.29, 1.82) is 0 Å². The Kier molecular flexibility index (Phi) is 8.01.